The molecule has 2 amide bonds. The highest BCUT2D eigenvalue weighted by molar-refractivity contribution is 7.91. The average molecular weight is 1360 g/mol. The molecule has 14 nitrogen and oxygen atoms in total. The van der Waals surface area contributed by atoms with Gasteiger partial charge < -0.3 is 29.9 Å². The van der Waals surface area contributed by atoms with Gasteiger partial charge in [0.25, 0.3) is 11.8 Å². The van der Waals surface area contributed by atoms with Crippen LogP contribution in [0, 0.1) is 22.7 Å². The molecule has 0 saturated carbocycles. The predicted molar refractivity (Wildman–Crippen MR) is 334 cm³/mol. The first-order valence-electron chi connectivity index (χ1n) is 30.5. The highest BCUT2D eigenvalue weighted by atomic mass is 32.2. The number of nitriles is 2. The molecule has 6 atom stereocenters. The Hall–Kier alpha value is -8.04. The average Bonchev–Trinajstić information content (AvgIpc) is 0.837. The highest BCUT2D eigenvalue weighted by Crippen LogP contribution is 2.39. The van der Waals surface area contributed by atoms with E-state index >= 15 is 0 Å². The second kappa shape index (κ2) is 31.5. The molecule has 0 unspecified atom stereocenters. The van der Waals surface area contributed by atoms with E-state index in [1.54, 1.807) is 72.8 Å². The molecule has 2 fully saturated rings. The molecule has 0 spiro atoms. The van der Waals surface area contributed by atoms with E-state index in [1.807, 2.05) is 21.9 Å². The molecule has 2 aliphatic heterocycles. The number of hydrogen-bond donors (Lipinski definition) is 2. The first-order valence-corrected chi connectivity index (χ1v) is 33.8. The van der Waals surface area contributed by atoms with Gasteiger partial charge in [0.2, 0.25) is 0 Å². The van der Waals surface area contributed by atoms with Crippen molar-refractivity contribution in [2.24, 2.45) is 0 Å². The number of nitrogens with one attached hydrogen (secondary N) is 2. The topological polar surface area (TPSA) is 199 Å². The van der Waals surface area contributed by atoms with Gasteiger partial charge in [0.1, 0.15) is 0 Å². The Bertz CT molecular complexity index is 3560. The molecule has 6 aromatic carbocycles. The summed E-state index contributed by atoms with van der Waals surface area (Å²) in [5.74, 6) is -1.43. The van der Waals surface area contributed by atoms with Crippen LogP contribution in [0.5, 0.6) is 0 Å². The molecule has 8 rings (SSSR count). The van der Waals surface area contributed by atoms with Crippen molar-refractivity contribution >= 4 is 42.9 Å². The minimum absolute atomic E-state index is 0.0626. The van der Waals surface area contributed by atoms with Gasteiger partial charge in [0.15, 0.2) is 19.7 Å². The van der Waals surface area contributed by atoms with Crippen LogP contribution in [0.1, 0.15) is 157 Å². The maximum atomic E-state index is 14.0. The fraction of sp³-hybridized carbons (Fsp3) is 0.412. The Morgan fingerprint density at radius 1 is 0.489 bits per heavy atom. The smallest absolute Gasteiger partial charge is 0.366 e. The zero-order valence-corrected chi connectivity index (χ0v) is 53.5. The number of piperidine rings is 2. The number of benzene rings is 6. The van der Waals surface area contributed by atoms with Crippen molar-refractivity contribution < 1.29 is 79.8 Å². The molecule has 2 heterocycles. The van der Waals surface area contributed by atoms with Crippen LogP contribution in [-0.4, -0.2) is 90.8 Å². The highest BCUT2D eigenvalue weighted by Gasteiger charge is 2.38. The summed E-state index contributed by atoms with van der Waals surface area (Å²) in [6, 6.07) is 36.5. The van der Waals surface area contributed by atoms with Crippen LogP contribution in [0.4, 0.5) is 55.3 Å². The van der Waals surface area contributed by atoms with Crippen molar-refractivity contribution in [1.29, 1.82) is 10.5 Å². The Kier molecular flexibility index (Phi) is 24.6. The molecule has 504 valence electrons. The minimum atomic E-state index is -4.46. The normalized spacial score (nSPS) is 18.0. The van der Waals surface area contributed by atoms with Crippen LogP contribution in [0.2, 0.25) is 0 Å². The fourth-order valence-electron chi connectivity index (χ4n) is 11.0. The van der Waals surface area contributed by atoms with Crippen LogP contribution >= 0.6 is 0 Å². The molecule has 2 N–H and O–H groups in total. The number of carbonyl (C=O) groups excluding carboxylic acids is 2. The van der Waals surface area contributed by atoms with Gasteiger partial charge in [-0.05, 0) is 145 Å². The van der Waals surface area contributed by atoms with Gasteiger partial charge >= 0.3 is 24.6 Å². The summed E-state index contributed by atoms with van der Waals surface area (Å²) in [4.78, 5) is 30.4. The third-order valence-electron chi connectivity index (χ3n) is 16.8. The largest absolute Gasteiger partial charge is 0.416 e. The number of carbonyl (C=O) groups is 2. The predicted octanol–water partition coefficient (Wildman–Crippen LogP) is 15.3. The molecule has 0 aliphatic carbocycles. The van der Waals surface area contributed by atoms with E-state index in [1.165, 1.54) is 76.2 Å². The van der Waals surface area contributed by atoms with Gasteiger partial charge in [0.05, 0.1) is 94.8 Å². The summed E-state index contributed by atoms with van der Waals surface area (Å²) in [6.07, 6.45) is -14.6. The van der Waals surface area contributed by atoms with E-state index in [-0.39, 0.29) is 70.3 Å². The van der Waals surface area contributed by atoms with Gasteiger partial charge in [-0.1, -0.05) is 76.2 Å². The van der Waals surface area contributed by atoms with Gasteiger partial charge in [0, 0.05) is 60.3 Å². The number of sulfone groups is 2. The van der Waals surface area contributed by atoms with Crippen molar-refractivity contribution in [1.82, 2.24) is 10.6 Å². The molecule has 2 saturated heterocycles. The molecular formula is C68H72F10N6O8S2. The van der Waals surface area contributed by atoms with E-state index in [0.29, 0.717) is 72.4 Å². The standard InChI is InChI=1S/2C34H36F5N3O4S/c2*1-3-33(35,36)46-22-29-16-9-26(23-5-12-27(13-6-23)34(37,38)39)21-42(29)28-14-7-25(8-15-28)32(43)41-31(19-20-40)24-10-17-30(18-11-24)47(44,45)4-2/h2*5-8,10-15,17-18,26,29,31H,3-4,9,16,19,21-22H2,1-2H3,(H,41,43)/t26-,29-,31+;26-,29-,31-/m01/s1. The van der Waals surface area contributed by atoms with Crippen molar-refractivity contribution in [3.63, 3.8) is 0 Å². The number of amides is 2. The van der Waals surface area contributed by atoms with Crippen LogP contribution in [-0.2, 0) is 41.5 Å². The third kappa shape index (κ3) is 19.5. The molecular weight excluding hydrogens is 1280 g/mol. The minimum Gasteiger partial charge on any atom is -0.366 e. The SMILES string of the molecule is CCC(F)(F)OC[C@@H]1CC[C@H](c2ccc(C(F)(F)F)cc2)CN1c1ccc(C(=O)N[C@H](CC#N)c2ccc(S(=O)(=O)CC)cc2)cc1.CCC(F)(F)OC[C@H]1CC[C@@H](c2ccc(C(F)(F)F)cc2)CN1c1ccc(C(=O)N[C@H](CC#N)c2ccc(S(=O)(=O)CC)cc2)cc1. The Balaban J connectivity index is 0.000000266. The monoisotopic (exact) mass is 1350 g/mol. The van der Waals surface area contributed by atoms with Crippen molar-refractivity contribution in [3.8, 4) is 12.1 Å². The summed E-state index contributed by atoms with van der Waals surface area (Å²) in [5.41, 5.74) is 2.76. The lowest BCUT2D eigenvalue weighted by Crippen LogP contribution is -2.46. The van der Waals surface area contributed by atoms with Gasteiger partial charge in [-0.25, -0.2) is 16.8 Å². The van der Waals surface area contributed by atoms with Crippen molar-refractivity contribution in [2.75, 3.05) is 47.6 Å². The van der Waals surface area contributed by atoms with E-state index in [4.69, 9.17) is 9.47 Å². The van der Waals surface area contributed by atoms with Crippen LogP contribution in [0.25, 0.3) is 0 Å². The fourth-order valence-corrected chi connectivity index (χ4v) is 12.8. The lowest BCUT2D eigenvalue weighted by atomic mass is 9.86. The Morgan fingerprint density at radius 2 is 0.809 bits per heavy atom. The maximum absolute atomic E-state index is 14.0. The van der Waals surface area contributed by atoms with Gasteiger partial charge in [-0.3, -0.25) is 9.59 Å². The Labute approximate surface area is 540 Å². The van der Waals surface area contributed by atoms with Crippen molar-refractivity contribution in [2.45, 2.75) is 149 Å². The molecule has 0 bridgehead atoms. The zero-order chi connectivity index (χ0) is 68.8. The molecule has 6 aromatic rings. The van der Waals surface area contributed by atoms with Crippen molar-refractivity contribution in [3.05, 3.63) is 190 Å². The van der Waals surface area contributed by atoms with E-state index in [0.717, 1.165) is 24.3 Å². The lowest BCUT2D eigenvalue weighted by Gasteiger charge is -2.42. The van der Waals surface area contributed by atoms with Crippen LogP contribution in [0.15, 0.2) is 155 Å². The lowest BCUT2D eigenvalue weighted by molar-refractivity contribution is -0.242. The second-order valence-corrected chi connectivity index (χ2v) is 27.4. The summed E-state index contributed by atoms with van der Waals surface area (Å²) in [6.45, 7) is 5.83. The second-order valence-electron chi connectivity index (χ2n) is 22.8. The number of halogens is 10. The molecule has 0 radical (unpaired) electrons. The first-order chi connectivity index (χ1) is 44.3. The number of anilines is 2. The molecule has 94 heavy (non-hydrogen) atoms. The first kappa shape index (κ1) is 73.4. The molecule has 26 heteroatoms. The molecule has 0 aromatic heterocycles. The summed E-state index contributed by atoms with van der Waals surface area (Å²) in [7, 11) is -6.84. The third-order valence-corrected chi connectivity index (χ3v) is 20.3. The maximum Gasteiger partial charge on any atom is 0.416 e. The van der Waals surface area contributed by atoms with Gasteiger partial charge in [-0.2, -0.15) is 54.4 Å². The number of nitrogens with zero attached hydrogens (tertiary/aromatic N) is 4. The summed E-state index contributed by atoms with van der Waals surface area (Å²) < 4.78 is 193. The van der Waals surface area contributed by atoms with E-state index < -0.39 is 104 Å². The number of ether oxygens (including phenoxy) is 2. The Morgan fingerprint density at radius 3 is 1.09 bits per heavy atom. The number of alkyl halides is 10. The van der Waals surface area contributed by atoms with Gasteiger partial charge in [-0.15, -0.1) is 0 Å². The summed E-state index contributed by atoms with van der Waals surface area (Å²) >= 11 is 0. The number of rotatable bonds is 24. The van der Waals surface area contributed by atoms with E-state index in [2.05, 4.69) is 10.6 Å². The summed E-state index contributed by atoms with van der Waals surface area (Å²) in [5, 5.41) is 24.3. The van der Waals surface area contributed by atoms with E-state index in [9.17, 15) is 80.9 Å². The number of hydrogen-bond acceptors (Lipinski definition) is 12. The zero-order valence-electron chi connectivity index (χ0n) is 51.9. The molecule has 2 aliphatic rings. The quantitative estimate of drug-likeness (QED) is 0.0544. The van der Waals surface area contributed by atoms with Crippen LogP contribution < -0.4 is 20.4 Å². The van der Waals surface area contributed by atoms with Crippen LogP contribution in [0.3, 0.4) is 0 Å².